The van der Waals surface area contributed by atoms with Crippen LogP contribution in [-0.2, 0) is 10.0 Å². The van der Waals surface area contributed by atoms with Gasteiger partial charge in [0.05, 0.1) is 5.25 Å². The molecule has 0 spiro atoms. The van der Waals surface area contributed by atoms with E-state index < -0.39 is 15.3 Å². The Morgan fingerprint density at radius 3 is 2.00 bits per heavy atom. The molecular weight excluding hydrogens is 284 g/mol. The van der Waals surface area contributed by atoms with Gasteiger partial charge in [0.1, 0.15) is 0 Å². The average molecular weight is 314 g/mol. The van der Waals surface area contributed by atoms with Gasteiger partial charge in [0.15, 0.2) is 0 Å². The Morgan fingerprint density at radius 1 is 1.14 bits per heavy atom. The zero-order valence-corrected chi connectivity index (χ0v) is 14.2. The van der Waals surface area contributed by atoms with E-state index in [9.17, 15) is 8.42 Å². The van der Waals surface area contributed by atoms with Crippen molar-refractivity contribution in [1.82, 2.24) is 4.72 Å². The first-order chi connectivity index (χ1) is 9.88. The van der Waals surface area contributed by atoms with Crippen LogP contribution in [0, 0.1) is 23.2 Å². The van der Waals surface area contributed by atoms with E-state index in [2.05, 4.69) is 11.6 Å². The molecule has 0 heterocycles. The molecule has 5 heteroatoms. The van der Waals surface area contributed by atoms with Gasteiger partial charge in [-0.1, -0.05) is 6.92 Å². The fraction of sp³-hybridized carbons (Fsp3) is 1.00. The molecule has 4 bridgehead atoms. The van der Waals surface area contributed by atoms with Crippen LogP contribution in [0.4, 0.5) is 0 Å². The number of nitrogens with one attached hydrogen (secondary N) is 1. The number of sulfonamides is 1. The molecule has 0 aromatic carbocycles. The zero-order chi connectivity index (χ0) is 15.3. The van der Waals surface area contributed by atoms with Crippen LogP contribution in [0.2, 0.25) is 0 Å². The van der Waals surface area contributed by atoms with E-state index in [0.29, 0.717) is 6.42 Å². The summed E-state index contributed by atoms with van der Waals surface area (Å²) < 4.78 is 28.0. The van der Waals surface area contributed by atoms with Crippen LogP contribution in [0.15, 0.2) is 0 Å². The maximum Gasteiger partial charge on any atom is 0.215 e. The van der Waals surface area contributed by atoms with Gasteiger partial charge in [-0.05, 0) is 75.0 Å². The zero-order valence-electron chi connectivity index (χ0n) is 13.3. The second-order valence-corrected chi connectivity index (χ2v) is 9.92. The van der Waals surface area contributed by atoms with Gasteiger partial charge in [0.2, 0.25) is 10.0 Å². The molecule has 0 aromatic rings. The topological polar surface area (TPSA) is 72.2 Å². The van der Waals surface area contributed by atoms with E-state index in [1.807, 2.05) is 6.92 Å². The Bertz CT molecular complexity index is 449. The van der Waals surface area contributed by atoms with E-state index in [1.165, 1.54) is 38.5 Å². The predicted molar refractivity (Wildman–Crippen MR) is 85.3 cm³/mol. The molecule has 21 heavy (non-hydrogen) atoms. The van der Waals surface area contributed by atoms with Crippen molar-refractivity contribution in [3.63, 3.8) is 0 Å². The lowest BCUT2D eigenvalue weighted by Gasteiger charge is -2.59. The quantitative estimate of drug-likeness (QED) is 0.790. The largest absolute Gasteiger partial charge is 0.329 e. The standard InChI is InChI=1S/C16H30N2O2S/c1-3-15(10-17)21(19,20)18-11(2)16-7-12-4-13(8-16)6-14(5-12)9-16/h11-15,18H,3-10,17H2,1-2H3. The van der Waals surface area contributed by atoms with Gasteiger partial charge >= 0.3 is 0 Å². The van der Waals surface area contributed by atoms with Crippen LogP contribution < -0.4 is 10.5 Å². The lowest BCUT2D eigenvalue weighted by molar-refractivity contribution is -0.0666. The summed E-state index contributed by atoms with van der Waals surface area (Å²) in [7, 11) is -3.29. The van der Waals surface area contributed by atoms with Crippen molar-refractivity contribution in [3.8, 4) is 0 Å². The molecule has 0 saturated heterocycles. The van der Waals surface area contributed by atoms with Crippen molar-refractivity contribution in [2.75, 3.05) is 6.54 Å². The van der Waals surface area contributed by atoms with E-state index in [-0.39, 0.29) is 18.0 Å². The van der Waals surface area contributed by atoms with Crippen LogP contribution in [0.25, 0.3) is 0 Å². The molecule has 0 aromatic heterocycles. The van der Waals surface area contributed by atoms with E-state index in [0.717, 1.165) is 17.8 Å². The maximum atomic E-state index is 12.5. The molecule has 3 N–H and O–H groups in total. The Kier molecular flexibility index (Phi) is 4.13. The van der Waals surface area contributed by atoms with Crippen molar-refractivity contribution in [3.05, 3.63) is 0 Å². The SMILES string of the molecule is CCC(CN)S(=O)(=O)NC(C)C12CC3CC(CC(C3)C1)C2. The van der Waals surface area contributed by atoms with Crippen LogP contribution in [0.5, 0.6) is 0 Å². The third kappa shape index (κ3) is 2.77. The van der Waals surface area contributed by atoms with Gasteiger partial charge in [-0.15, -0.1) is 0 Å². The van der Waals surface area contributed by atoms with Crippen LogP contribution in [-0.4, -0.2) is 26.3 Å². The third-order valence-electron chi connectivity index (χ3n) is 6.50. The molecule has 2 unspecified atom stereocenters. The number of hydrogen-bond donors (Lipinski definition) is 2. The molecule has 122 valence electrons. The number of rotatable bonds is 6. The fourth-order valence-electron chi connectivity index (χ4n) is 5.69. The Morgan fingerprint density at radius 2 is 1.62 bits per heavy atom. The molecule has 2 atom stereocenters. The molecule has 0 aliphatic heterocycles. The average Bonchev–Trinajstić information content (AvgIpc) is 2.37. The summed E-state index contributed by atoms with van der Waals surface area (Å²) in [6, 6.07) is 0.0523. The second-order valence-electron chi connectivity index (χ2n) is 7.93. The van der Waals surface area contributed by atoms with E-state index in [1.54, 1.807) is 0 Å². The van der Waals surface area contributed by atoms with Gasteiger partial charge in [-0.3, -0.25) is 0 Å². The minimum atomic E-state index is -3.29. The summed E-state index contributed by atoms with van der Waals surface area (Å²) >= 11 is 0. The smallest absolute Gasteiger partial charge is 0.215 e. The Balaban J connectivity index is 1.75. The lowest BCUT2D eigenvalue weighted by Crippen LogP contribution is -2.57. The molecule has 4 aliphatic carbocycles. The van der Waals surface area contributed by atoms with Gasteiger partial charge in [0.25, 0.3) is 0 Å². The second kappa shape index (κ2) is 5.50. The van der Waals surface area contributed by atoms with Gasteiger partial charge < -0.3 is 5.73 Å². The minimum Gasteiger partial charge on any atom is -0.329 e. The van der Waals surface area contributed by atoms with Crippen molar-refractivity contribution >= 4 is 10.0 Å². The lowest BCUT2D eigenvalue weighted by atomic mass is 9.48. The highest BCUT2D eigenvalue weighted by molar-refractivity contribution is 7.90. The van der Waals surface area contributed by atoms with Gasteiger partial charge in [0, 0.05) is 12.6 Å². The first-order valence-corrected chi connectivity index (χ1v) is 10.1. The molecule has 0 radical (unpaired) electrons. The maximum absolute atomic E-state index is 12.5. The van der Waals surface area contributed by atoms with Crippen LogP contribution in [0.3, 0.4) is 0 Å². The molecule has 4 rings (SSSR count). The highest BCUT2D eigenvalue weighted by Gasteiger charge is 2.53. The molecule has 4 aliphatic rings. The molecule has 4 nitrogen and oxygen atoms in total. The normalized spacial score (nSPS) is 41.2. The summed E-state index contributed by atoms with van der Waals surface area (Å²) in [6.45, 7) is 4.19. The predicted octanol–water partition coefficient (Wildman–Crippen LogP) is 2.25. The van der Waals surface area contributed by atoms with Gasteiger partial charge in [-0.2, -0.15) is 0 Å². The van der Waals surface area contributed by atoms with Crippen molar-refractivity contribution in [1.29, 1.82) is 0 Å². The third-order valence-corrected chi connectivity index (χ3v) is 8.59. The summed E-state index contributed by atoms with van der Waals surface area (Å²) in [4.78, 5) is 0. The number of nitrogens with two attached hydrogens (primary N) is 1. The van der Waals surface area contributed by atoms with Gasteiger partial charge in [-0.25, -0.2) is 13.1 Å². The van der Waals surface area contributed by atoms with Crippen molar-refractivity contribution in [2.45, 2.75) is 70.1 Å². The minimum absolute atomic E-state index is 0.0523. The van der Waals surface area contributed by atoms with Crippen LogP contribution >= 0.6 is 0 Å². The molecular formula is C16H30N2O2S. The first kappa shape index (κ1) is 15.8. The summed E-state index contributed by atoms with van der Waals surface area (Å²) in [5.74, 6) is 2.54. The summed E-state index contributed by atoms with van der Waals surface area (Å²) in [5.41, 5.74) is 5.85. The summed E-state index contributed by atoms with van der Waals surface area (Å²) in [6.07, 6.45) is 8.42. The van der Waals surface area contributed by atoms with E-state index in [4.69, 9.17) is 5.73 Å². The molecule has 4 fully saturated rings. The Hall–Kier alpha value is -0.130. The molecule has 0 amide bonds. The fourth-order valence-corrected chi connectivity index (χ4v) is 7.32. The molecule has 4 saturated carbocycles. The van der Waals surface area contributed by atoms with Crippen molar-refractivity contribution in [2.24, 2.45) is 28.9 Å². The van der Waals surface area contributed by atoms with Crippen molar-refractivity contribution < 1.29 is 8.42 Å². The number of hydrogen-bond acceptors (Lipinski definition) is 3. The Labute approximate surface area is 129 Å². The highest BCUT2D eigenvalue weighted by Crippen LogP contribution is 2.61. The monoisotopic (exact) mass is 314 g/mol. The summed E-state index contributed by atoms with van der Waals surface area (Å²) in [5, 5.41) is -0.450. The van der Waals surface area contributed by atoms with E-state index >= 15 is 0 Å². The van der Waals surface area contributed by atoms with Crippen LogP contribution in [0.1, 0.15) is 58.8 Å². The first-order valence-electron chi connectivity index (χ1n) is 8.59. The highest BCUT2D eigenvalue weighted by atomic mass is 32.2.